The Balaban J connectivity index is 0.00000231. The minimum atomic E-state index is 0. The highest BCUT2D eigenvalue weighted by atomic mass is 35.5. The topological polar surface area (TPSA) is 40.8 Å². The number of fused-ring (bicyclic) bond motifs is 5. The van der Waals surface area contributed by atoms with Crippen molar-refractivity contribution in [3.05, 3.63) is 42.1 Å². The smallest absolute Gasteiger partial charge is 0.220 e. The summed E-state index contributed by atoms with van der Waals surface area (Å²) in [7, 11) is 8.85. The van der Waals surface area contributed by atoms with E-state index in [1.807, 2.05) is 6.07 Å². The Bertz CT molecular complexity index is 1310. The second-order valence-electron chi connectivity index (χ2n) is 7.86. The van der Waals surface area contributed by atoms with Crippen LogP contribution < -0.4 is 35.9 Å². The quantitative estimate of drug-likeness (QED) is 0.352. The van der Waals surface area contributed by atoms with Crippen molar-refractivity contribution in [2.45, 2.75) is 18.8 Å². The van der Waals surface area contributed by atoms with E-state index in [0.29, 0.717) is 5.92 Å². The summed E-state index contributed by atoms with van der Waals surface area (Å²) >= 11 is 0. The second kappa shape index (κ2) is 7.97. The fourth-order valence-corrected chi connectivity index (χ4v) is 4.75. The lowest BCUT2D eigenvalue weighted by Crippen LogP contribution is -3.00. The minimum absolute atomic E-state index is 0. The van der Waals surface area contributed by atoms with Crippen LogP contribution >= 0.6 is 0 Å². The van der Waals surface area contributed by atoms with E-state index in [2.05, 4.69) is 42.1 Å². The maximum atomic E-state index is 5.78. The summed E-state index contributed by atoms with van der Waals surface area (Å²) in [5, 5.41) is 5.72. The van der Waals surface area contributed by atoms with Gasteiger partial charge in [-0.15, -0.1) is 0 Å². The molecule has 1 aliphatic carbocycles. The van der Waals surface area contributed by atoms with Gasteiger partial charge in [-0.05, 0) is 48.4 Å². The van der Waals surface area contributed by atoms with E-state index in [-0.39, 0.29) is 12.4 Å². The van der Waals surface area contributed by atoms with Crippen molar-refractivity contribution in [1.29, 1.82) is 0 Å². The van der Waals surface area contributed by atoms with E-state index in [0.717, 1.165) is 44.7 Å². The molecule has 1 aromatic heterocycles. The Morgan fingerprint density at radius 1 is 0.710 bits per heavy atom. The van der Waals surface area contributed by atoms with E-state index in [9.17, 15) is 0 Å². The third-order valence-electron chi connectivity index (χ3n) is 6.21. The molecule has 0 atom stereocenters. The molecule has 0 unspecified atom stereocenters. The Morgan fingerprint density at radius 2 is 1.35 bits per heavy atom. The highest BCUT2D eigenvalue weighted by Gasteiger charge is 2.32. The predicted octanol–water partition coefficient (Wildman–Crippen LogP) is 1.89. The number of hydrogen-bond donors (Lipinski definition) is 0. The summed E-state index contributed by atoms with van der Waals surface area (Å²) in [6.07, 6.45) is 4.50. The zero-order valence-corrected chi connectivity index (χ0v) is 19.2. The molecular weight excluding hydrogens is 414 g/mol. The molecule has 4 aromatic rings. The van der Waals surface area contributed by atoms with Crippen molar-refractivity contribution in [2.24, 2.45) is 7.05 Å². The summed E-state index contributed by atoms with van der Waals surface area (Å²) in [5.74, 6) is 3.66. The predicted molar refractivity (Wildman–Crippen MR) is 118 cm³/mol. The van der Waals surface area contributed by atoms with Gasteiger partial charge in [0.2, 0.25) is 5.52 Å². The van der Waals surface area contributed by atoms with E-state index < -0.39 is 0 Å². The molecule has 31 heavy (non-hydrogen) atoms. The largest absolute Gasteiger partial charge is 1.00 e. The van der Waals surface area contributed by atoms with Crippen LogP contribution in [0.15, 0.2) is 36.5 Å². The number of aryl methyl sites for hydroxylation is 1. The number of hydrogen-bond acceptors (Lipinski definition) is 4. The summed E-state index contributed by atoms with van der Waals surface area (Å²) in [6.45, 7) is 0. The zero-order chi connectivity index (χ0) is 21.0. The van der Waals surface area contributed by atoms with Crippen LogP contribution in [-0.4, -0.2) is 28.4 Å². The van der Waals surface area contributed by atoms with Gasteiger partial charge < -0.3 is 31.4 Å². The first kappa shape index (κ1) is 21.3. The first-order valence-electron chi connectivity index (χ1n) is 10.2. The van der Waals surface area contributed by atoms with Crippen LogP contribution in [0.2, 0.25) is 0 Å². The Kier molecular flexibility index (Phi) is 5.48. The Labute approximate surface area is 187 Å². The number of aromatic nitrogens is 1. The molecule has 0 radical (unpaired) electrons. The lowest BCUT2D eigenvalue weighted by atomic mass is 9.95. The van der Waals surface area contributed by atoms with Crippen LogP contribution in [0.25, 0.3) is 32.4 Å². The average Bonchev–Trinajstić information content (AvgIpc) is 3.61. The van der Waals surface area contributed by atoms with E-state index in [1.165, 1.54) is 29.2 Å². The molecule has 1 heterocycles. The molecule has 5 rings (SSSR count). The fraction of sp³-hybridized carbons (Fsp3) is 0.320. The van der Waals surface area contributed by atoms with Gasteiger partial charge in [0.1, 0.15) is 7.05 Å². The molecule has 162 valence electrons. The van der Waals surface area contributed by atoms with Crippen molar-refractivity contribution >= 4 is 32.4 Å². The maximum Gasteiger partial charge on any atom is 0.220 e. The van der Waals surface area contributed by atoms with Crippen molar-refractivity contribution in [3.8, 4) is 23.0 Å². The Hall–Kier alpha value is -2.92. The molecule has 0 saturated heterocycles. The van der Waals surface area contributed by atoms with Gasteiger partial charge in [-0.25, -0.2) is 0 Å². The van der Waals surface area contributed by atoms with Crippen LogP contribution in [0.1, 0.15) is 24.3 Å². The number of rotatable bonds is 5. The van der Waals surface area contributed by atoms with Gasteiger partial charge in [0.25, 0.3) is 0 Å². The normalized spacial score (nSPS) is 13.3. The molecule has 0 bridgehead atoms. The number of benzene rings is 3. The van der Waals surface area contributed by atoms with Crippen LogP contribution in [0.3, 0.4) is 0 Å². The third kappa shape index (κ3) is 3.10. The molecule has 0 amide bonds. The third-order valence-corrected chi connectivity index (χ3v) is 6.21. The van der Waals surface area contributed by atoms with Crippen molar-refractivity contribution in [2.75, 3.05) is 28.4 Å². The van der Waals surface area contributed by atoms with Gasteiger partial charge in [-0.2, -0.15) is 4.57 Å². The summed E-state index contributed by atoms with van der Waals surface area (Å²) < 4.78 is 24.9. The van der Waals surface area contributed by atoms with E-state index in [1.54, 1.807) is 28.4 Å². The van der Waals surface area contributed by atoms with Crippen LogP contribution in [0.4, 0.5) is 0 Å². The summed E-state index contributed by atoms with van der Waals surface area (Å²) in [5.41, 5.74) is 2.43. The SMILES string of the molecule is COc1cc2c(ccc3c4ccc(OC)c(OC)c4c[n+](C)c23)c(C2CC2)c1OC.[Cl-]. The van der Waals surface area contributed by atoms with Gasteiger partial charge in [0.15, 0.2) is 29.2 Å². The standard InChI is InChI=1S/C25H26NO4.ClH/c1-26-13-19-15(10-11-20(27-2)24(19)29-4)17-9-8-16-18(23(17)26)12-21(28-3)25(30-5)22(16)14-6-7-14;/h8-14H,6-7H2,1-5H3;1H/q+1;/p-1. The molecule has 1 fully saturated rings. The first-order chi connectivity index (χ1) is 14.6. The highest BCUT2D eigenvalue weighted by molar-refractivity contribution is 6.16. The zero-order valence-electron chi connectivity index (χ0n) is 18.4. The Morgan fingerprint density at radius 3 is 1.97 bits per heavy atom. The number of halogens is 1. The van der Waals surface area contributed by atoms with E-state index >= 15 is 0 Å². The van der Waals surface area contributed by atoms with E-state index in [4.69, 9.17) is 18.9 Å². The monoisotopic (exact) mass is 439 g/mol. The van der Waals surface area contributed by atoms with Crippen LogP contribution in [0.5, 0.6) is 23.0 Å². The minimum Gasteiger partial charge on any atom is -1.00 e. The van der Waals surface area contributed by atoms with Crippen molar-refractivity contribution in [3.63, 3.8) is 0 Å². The fourth-order valence-electron chi connectivity index (χ4n) is 4.75. The molecule has 0 aliphatic heterocycles. The molecule has 0 spiro atoms. The number of ether oxygens (including phenoxy) is 4. The molecule has 6 heteroatoms. The van der Waals surface area contributed by atoms with Gasteiger partial charge in [0.05, 0.1) is 44.6 Å². The molecule has 0 N–H and O–H groups in total. The second-order valence-corrected chi connectivity index (χ2v) is 7.86. The summed E-state index contributed by atoms with van der Waals surface area (Å²) in [4.78, 5) is 0. The number of pyridine rings is 1. The van der Waals surface area contributed by atoms with Gasteiger partial charge >= 0.3 is 0 Å². The molecule has 1 aliphatic rings. The number of nitrogens with zero attached hydrogens (tertiary/aromatic N) is 1. The first-order valence-corrected chi connectivity index (χ1v) is 10.2. The van der Waals surface area contributed by atoms with Crippen LogP contribution in [0, 0.1) is 0 Å². The van der Waals surface area contributed by atoms with Crippen LogP contribution in [-0.2, 0) is 7.05 Å². The molecule has 3 aromatic carbocycles. The lowest BCUT2D eigenvalue weighted by Gasteiger charge is -2.17. The van der Waals surface area contributed by atoms with Gasteiger partial charge in [-0.3, -0.25) is 0 Å². The molecule has 5 nitrogen and oxygen atoms in total. The van der Waals surface area contributed by atoms with Gasteiger partial charge in [0, 0.05) is 10.9 Å². The molecular formula is C25H26ClNO4. The summed E-state index contributed by atoms with van der Waals surface area (Å²) in [6, 6.07) is 10.6. The number of methoxy groups -OCH3 is 4. The van der Waals surface area contributed by atoms with Gasteiger partial charge in [-0.1, -0.05) is 6.07 Å². The maximum absolute atomic E-state index is 5.78. The average molecular weight is 440 g/mol. The highest BCUT2D eigenvalue weighted by Crippen LogP contribution is 2.52. The van der Waals surface area contributed by atoms with Crippen molar-refractivity contribution < 1.29 is 35.9 Å². The lowest BCUT2D eigenvalue weighted by molar-refractivity contribution is -0.642. The molecule has 1 saturated carbocycles. The van der Waals surface area contributed by atoms with Crippen molar-refractivity contribution in [1.82, 2.24) is 0 Å².